The van der Waals surface area contributed by atoms with Gasteiger partial charge >= 0.3 is 0 Å². The molecule has 2 aliphatic heterocycles. The fraction of sp³-hybridized carbons (Fsp3) is 0.825. The Morgan fingerprint density at radius 1 is 0.481 bits per heavy atom. The van der Waals surface area contributed by atoms with E-state index in [2.05, 4.69) is 67.8 Å². The smallest absolute Gasteiger partial charge is 0.220 e. The molecule has 0 saturated carbocycles. The van der Waals surface area contributed by atoms with E-state index in [0.29, 0.717) is 6.42 Å². The summed E-state index contributed by atoms with van der Waals surface area (Å²) in [6, 6.07) is -0.913. The van der Waals surface area contributed by atoms with Crippen molar-refractivity contribution in [2.75, 3.05) is 19.8 Å². The van der Waals surface area contributed by atoms with Crippen molar-refractivity contribution in [2.45, 2.75) is 312 Å². The molecule has 12 unspecified atom stereocenters. The molecule has 2 aliphatic rings. The van der Waals surface area contributed by atoms with Gasteiger partial charge in [-0.3, -0.25) is 4.79 Å². The van der Waals surface area contributed by atoms with Crippen LogP contribution in [-0.4, -0.2) is 140 Å². The number of hydrogen-bond donors (Lipinski definition) is 9. The second-order valence-electron chi connectivity index (χ2n) is 21.8. The molecule has 0 aliphatic carbocycles. The minimum absolute atomic E-state index is 0.240. The molecular weight excluding hydrogens is 979 g/mol. The van der Waals surface area contributed by atoms with Crippen LogP contribution in [0.2, 0.25) is 0 Å². The normalized spacial score (nSPS) is 25.1. The zero-order valence-corrected chi connectivity index (χ0v) is 48.2. The van der Waals surface area contributed by atoms with E-state index in [-0.39, 0.29) is 18.9 Å². The highest BCUT2D eigenvalue weighted by Crippen LogP contribution is 2.30. The number of hydrogen-bond acceptors (Lipinski definition) is 13. The van der Waals surface area contributed by atoms with Crippen LogP contribution in [0.25, 0.3) is 0 Å². The molecular formula is C63H113NO13. The van der Waals surface area contributed by atoms with Gasteiger partial charge in [0.15, 0.2) is 12.6 Å². The number of ether oxygens (including phenoxy) is 4. The van der Waals surface area contributed by atoms with Gasteiger partial charge in [-0.2, -0.15) is 0 Å². The van der Waals surface area contributed by atoms with E-state index in [1.54, 1.807) is 6.08 Å². The molecule has 0 radical (unpaired) electrons. The molecule has 0 aromatic carbocycles. The molecule has 0 aromatic heterocycles. The molecule has 0 spiro atoms. The van der Waals surface area contributed by atoms with Gasteiger partial charge in [0.1, 0.15) is 48.8 Å². The van der Waals surface area contributed by atoms with Crippen molar-refractivity contribution < 1.29 is 64.6 Å². The summed E-state index contributed by atoms with van der Waals surface area (Å²) >= 11 is 0. The van der Waals surface area contributed by atoms with Crippen molar-refractivity contribution >= 4 is 5.91 Å². The van der Waals surface area contributed by atoms with E-state index in [4.69, 9.17) is 18.9 Å². The largest absolute Gasteiger partial charge is 0.394 e. The Balaban J connectivity index is 1.60. The van der Waals surface area contributed by atoms with E-state index in [1.807, 2.05) is 6.08 Å². The summed E-state index contributed by atoms with van der Waals surface area (Å²) < 4.78 is 22.7. The predicted octanol–water partition coefficient (Wildman–Crippen LogP) is 10.9. The van der Waals surface area contributed by atoms with Gasteiger partial charge in [-0.1, -0.05) is 235 Å². The van der Waals surface area contributed by atoms with Crippen molar-refractivity contribution in [1.29, 1.82) is 0 Å². The maximum atomic E-state index is 13.2. The Morgan fingerprint density at radius 2 is 0.896 bits per heavy atom. The Hall–Kier alpha value is -2.31. The molecule has 448 valence electrons. The third kappa shape index (κ3) is 33.9. The summed E-state index contributed by atoms with van der Waals surface area (Å²) in [5.74, 6) is -0.240. The molecule has 2 saturated heterocycles. The Kier molecular flexibility index (Phi) is 44.5. The number of rotatable bonds is 49. The van der Waals surface area contributed by atoms with E-state index in [9.17, 15) is 45.6 Å². The first-order chi connectivity index (χ1) is 37.6. The zero-order valence-electron chi connectivity index (χ0n) is 48.2. The molecule has 14 nitrogen and oxygen atoms in total. The molecule has 2 rings (SSSR count). The fourth-order valence-corrected chi connectivity index (χ4v) is 9.99. The molecule has 14 heteroatoms. The zero-order chi connectivity index (χ0) is 56.0. The average molecular weight is 1090 g/mol. The molecule has 2 heterocycles. The summed E-state index contributed by atoms with van der Waals surface area (Å²) in [6.45, 7) is 2.66. The van der Waals surface area contributed by atoms with Gasteiger partial charge in [-0.25, -0.2) is 0 Å². The van der Waals surface area contributed by atoms with Crippen LogP contribution in [0.3, 0.4) is 0 Å². The van der Waals surface area contributed by atoms with E-state index >= 15 is 0 Å². The quantitative estimate of drug-likeness (QED) is 0.0204. The number of aliphatic hydroxyl groups excluding tert-OH is 8. The first kappa shape index (κ1) is 70.8. The number of allylic oxidation sites excluding steroid dienone is 9. The minimum atomic E-state index is -1.79. The Labute approximate surface area is 466 Å². The Morgan fingerprint density at radius 3 is 1.38 bits per heavy atom. The Bertz CT molecular complexity index is 1520. The SMILES string of the molecule is CC/C=C\C/C=C\C/C=C\C/C=C\CCCCCCCCCCCCCCCCCCCCCCC(=O)NC(COC1OC(CO)C(OC2OC(CO)C(O)C(O)C2O)C(O)C1O)C(O)/C=C/CCCCCCCCCC. The van der Waals surface area contributed by atoms with Gasteiger partial charge in [0.05, 0.1) is 32.0 Å². The molecule has 1 amide bonds. The number of carbonyl (C=O) groups excluding carboxylic acids is 1. The highest BCUT2D eigenvalue weighted by atomic mass is 16.7. The van der Waals surface area contributed by atoms with Crippen molar-refractivity contribution in [2.24, 2.45) is 0 Å². The minimum Gasteiger partial charge on any atom is -0.394 e. The van der Waals surface area contributed by atoms with Crippen molar-refractivity contribution in [3.05, 3.63) is 60.8 Å². The van der Waals surface area contributed by atoms with Crippen LogP contribution in [0.4, 0.5) is 0 Å². The lowest BCUT2D eigenvalue weighted by atomic mass is 9.97. The maximum absolute atomic E-state index is 13.2. The third-order valence-corrected chi connectivity index (χ3v) is 15.0. The van der Waals surface area contributed by atoms with Crippen molar-refractivity contribution in [3.63, 3.8) is 0 Å². The number of amides is 1. The second kappa shape index (κ2) is 48.4. The van der Waals surface area contributed by atoms with E-state index in [0.717, 1.165) is 64.2 Å². The average Bonchev–Trinajstić information content (AvgIpc) is 3.45. The third-order valence-electron chi connectivity index (χ3n) is 15.0. The lowest BCUT2D eigenvalue weighted by Gasteiger charge is -2.46. The summed E-state index contributed by atoms with van der Waals surface area (Å²) in [5, 5.41) is 86.9. The molecule has 0 aromatic rings. The molecule has 77 heavy (non-hydrogen) atoms. The standard InChI is InChI=1S/C63H113NO13/c1-3-5-7-9-11-13-15-16-17-18-19-20-21-22-23-24-25-26-27-28-29-30-31-32-33-34-35-36-37-39-41-43-45-47-55(68)64-51(52(67)46-44-42-40-38-14-12-10-8-6-4-2)50-74-62-60(73)58(71)61(54(49-66)76-62)77-63-59(72)57(70)56(69)53(48-65)75-63/h5,7,11,13,16-17,19-20,44,46,51-54,56-63,65-67,69-73H,3-4,6,8-10,12,14-15,18,21-43,45,47-50H2,1-2H3,(H,64,68)/b7-5-,13-11-,17-16-,20-19-,46-44+. The predicted molar refractivity (Wildman–Crippen MR) is 309 cm³/mol. The van der Waals surface area contributed by atoms with Gasteiger partial charge in [0.25, 0.3) is 0 Å². The summed E-state index contributed by atoms with van der Waals surface area (Å²) in [4.78, 5) is 13.2. The highest BCUT2D eigenvalue weighted by molar-refractivity contribution is 5.76. The van der Waals surface area contributed by atoms with Crippen molar-refractivity contribution in [1.82, 2.24) is 5.32 Å². The van der Waals surface area contributed by atoms with Crippen LogP contribution in [0.5, 0.6) is 0 Å². The lowest BCUT2D eigenvalue weighted by molar-refractivity contribution is -0.359. The summed E-state index contributed by atoms with van der Waals surface area (Å²) in [7, 11) is 0. The highest BCUT2D eigenvalue weighted by Gasteiger charge is 2.51. The van der Waals surface area contributed by atoms with Gasteiger partial charge in [-0.05, 0) is 57.8 Å². The summed E-state index contributed by atoms with van der Waals surface area (Å²) in [6.07, 6.45) is 45.8. The summed E-state index contributed by atoms with van der Waals surface area (Å²) in [5.41, 5.74) is 0. The van der Waals surface area contributed by atoms with Crippen LogP contribution in [-0.2, 0) is 23.7 Å². The van der Waals surface area contributed by atoms with Gasteiger partial charge in [0.2, 0.25) is 5.91 Å². The molecule has 12 atom stereocenters. The first-order valence-corrected chi connectivity index (χ1v) is 31.0. The van der Waals surface area contributed by atoms with E-state index in [1.165, 1.54) is 148 Å². The maximum Gasteiger partial charge on any atom is 0.220 e. The number of aliphatic hydroxyl groups is 8. The van der Waals surface area contributed by atoms with Crippen LogP contribution < -0.4 is 5.32 Å². The lowest BCUT2D eigenvalue weighted by Crippen LogP contribution is -2.65. The van der Waals surface area contributed by atoms with Crippen LogP contribution in [0.15, 0.2) is 60.8 Å². The fourth-order valence-electron chi connectivity index (χ4n) is 9.99. The van der Waals surface area contributed by atoms with Crippen LogP contribution in [0, 0.1) is 0 Å². The number of nitrogens with one attached hydrogen (secondary N) is 1. The first-order valence-electron chi connectivity index (χ1n) is 31.0. The van der Waals surface area contributed by atoms with Crippen molar-refractivity contribution in [3.8, 4) is 0 Å². The van der Waals surface area contributed by atoms with Gasteiger partial charge in [-0.15, -0.1) is 0 Å². The van der Waals surface area contributed by atoms with Gasteiger partial charge in [0, 0.05) is 6.42 Å². The molecule has 2 fully saturated rings. The molecule has 9 N–H and O–H groups in total. The van der Waals surface area contributed by atoms with E-state index < -0.39 is 86.8 Å². The van der Waals surface area contributed by atoms with Crippen LogP contribution in [0.1, 0.15) is 239 Å². The monoisotopic (exact) mass is 1090 g/mol. The second-order valence-corrected chi connectivity index (χ2v) is 21.8. The van der Waals surface area contributed by atoms with Gasteiger partial charge < -0.3 is 65.1 Å². The number of carbonyl (C=O) groups is 1. The van der Waals surface area contributed by atoms with Crippen LogP contribution >= 0.6 is 0 Å². The molecule has 0 bridgehead atoms. The topological polar surface area (TPSA) is 228 Å². The number of unbranched alkanes of at least 4 members (excludes halogenated alkanes) is 28.